The Hall–Kier alpha value is -9.04. The van der Waals surface area contributed by atoms with Crippen molar-refractivity contribution in [1.82, 2.24) is 0 Å². The summed E-state index contributed by atoms with van der Waals surface area (Å²) in [6.45, 7) is 7.21. The third-order valence-electron chi connectivity index (χ3n) is 13.7. The summed E-state index contributed by atoms with van der Waals surface area (Å²) in [4.78, 5) is 24.5. The normalized spacial score (nSPS) is 11.1. The summed E-state index contributed by atoms with van der Waals surface area (Å²) in [7, 11) is 0. The molecular formula is C66H64F2O12. The number of hydrogen-bond acceptors (Lipinski definition) is 10. The molecule has 0 heterocycles. The molecule has 0 aliphatic rings. The number of phenols is 2. The van der Waals surface area contributed by atoms with Crippen LogP contribution in [-0.2, 0) is 25.7 Å². The molecule has 0 spiro atoms. The van der Waals surface area contributed by atoms with Crippen LogP contribution in [0.15, 0.2) is 158 Å². The van der Waals surface area contributed by atoms with Gasteiger partial charge in [-0.3, -0.25) is 0 Å². The lowest BCUT2D eigenvalue weighted by atomic mass is 9.93. The van der Waals surface area contributed by atoms with Gasteiger partial charge in [-0.25, -0.2) is 18.4 Å². The molecule has 80 heavy (non-hydrogen) atoms. The number of aromatic carboxylic acids is 2. The second-order valence-corrected chi connectivity index (χ2v) is 19.2. The Morgan fingerprint density at radius 2 is 0.800 bits per heavy atom. The molecule has 0 saturated carbocycles. The molecule has 14 heteroatoms. The number of aromatic hydroxyl groups is 2. The molecule has 8 aromatic rings. The number of aryl methyl sites for hydroxylation is 2. The van der Waals surface area contributed by atoms with Crippen LogP contribution in [0, 0.1) is 17.6 Å². The molecule has 0 aliphatic carbocycles. The topological polar surface area (TPSA) is 170 Å². The van der Waals surface area contributed by atoms with E-state index in [1.165, 1.54) is 36.4 Å². The highest BCUT2D eigenvalue weighted by atomic mass is 19.1. The van der Waals surface area contributed by atoms with Crippen molar-refractivity contribution in [3.8, 4) is 79.7 Å². The molecule has 0 unspecified atom stereocenters. The fourth-order valence-electron chi connectivity index (χ4n) is 9.29. The fourth-order valence-corrected chi connectivity index (χ4v) is 9.29. The number of carboxylic acids is 2. The molecule has 8 rings (SSSR count). The van der Waals surface area contributed by atoms with E-state index < -0.39 is 11.9 Å². The van der Waals surface area contributed by atoms with Gasteiger partial charge in [0.05, 0.1) is 26.4 Å². The van der Waals surface area contributed by atoms with Crippen molar-refractivity contribution in [1.29, 1.82) is 0 Å². The van der Waals surface area contributed by atoms with Crippen molar-refractivity contribution in [3.05, 3.63) is 203 Å². The van der Waals surface area contributed by atoms with Gasteiger partial charge in [0, 0.05) is 47.2 Å². The zero-order valence-electron chi connectivity index (χ0n) is 44.9. The Balaban J connectivity index is 0.951. The SMILES string of the molecule is CCc1cc(-c2ccc(F)cc2)c(O)cc1OCCCOc1cccc(Oc2ccccc2C(=O)O)c1CCC(C)CCc1c(OCCCOc2cc(O)c(-c3ccc(F)cc3)cc2CC)cccc1Oc1ccccc1C(=O)O. The summed E-state index contributed by atoms with van der Waals surface area (Å²) < 4.78 is 65.2. The quantitative estimate of drug-likeness (QED) is 0.0343. The highest BCUT2D eigenvalue weighted by molar-refractivity contribution is 5.91. The number of hydrogen-bond donors (Lipinski definition) is 4. The summed E-state index contributed by atoms with van der Waals surface area (Å²) in [5.41, 5.74) is 5.82. The number of ether oxygens (including phenoxy) is 6. The standard InChI is InChI=1S/C66H64F2O12/c1-4-43-38-53(45-24-28-47(67)29-25-45)55(69)40-63(43)77-36-12-34-75-57-18-10-20-59(79-61-16-8-6-14-51(61)65(71)72)49(57)32-22-42(3)23-33-50-58(19-11-21-60(50)80-62-17-9-7-15-52(62)66(73)74)76-35-13-37-78-64-41-56(70)54(39-44(64)5-2)46-26-30-48(68)31-27-46/h6-11,14-21,24-31,38-42,69-70H,4-5,12-13,22-23,32-37H2,1-3H3,(H,71,72)(H,73,74). The second-order valence-electron chi connectivity index (χ2n) is 19.2. The van der Waals surface area contributed by atoms with Gasteiger partial charge < -0.3 is 48.8 Å². The van der Waals surface area contributed by atoms with E-state index in [2.05, 4.69) is 6.92 Å². The summed E-state index contributed by atoms with van der Waals surface area (Å²) >= 11 is 0. The summed E-state index contributed by atoms with van der Waals surface area (Å²) in [5, 5.41) is 41.9. The van der Waals surface area contributed by atoms with Crippen molar-refractivity contribution >= 4 is 11.9 Å². The minimum Gasteiger partial charge on any atom is -0.507 e. The maximum absolute atomic E-state index is 13.6. The van der Waals surface area contributed by atoms with E-state index in [-0.39, 0.29) is 78.1 Å². The number of halogens is 2. The minimum atomic E-state index is -1.13. The third kappa shape index (κ3) is 14.7. The fraction of sp³-hybridized carbons (Fsp3) is 0.242. The monoisotopic (exact) mass is 1090 g/mol. The second kappa shape index (κ2) is 27.5. The Bertz CT molecular complexity index is 3170. The van der Waals surface area contributed by atoms with Crippen LogP contribution in [0.5, 0.6) is 57.5 Å². The molecule has 4 N–H and O–H groups in total. The molecule has 0 fully saturated rings. The van der Waals surface area contributed by atoms with E-state index in [1.54, 1.807) is 97.1 Å². The first-order chi connectivity index (χ1) is 38.8. The average molecular weight is 1090 g/mol. The van der Waals surface area contributed by atoms with Crippen molar-refractivity contribution in [2.45, 2.75) is 72.1 Å². The minimum absolute atomic E-state index is 0.0103. The predicted molar refractivity (Wildman–Crippen MR) is 303 cm³/mol. The maximum Gasteiger partial charge on any atom is 0.339 e. The lowest BCUT2D eigenvalue weighted by Gasteiger charge is -2.20. The smallest absolute Gasteiger partial charge is 0.339 e. The summed E-state index contributed by atoms with van der Waals surface area (Å²) in [6, 6.07) is 42.5. The first-order valence-corrected chi connectivity index (χ1v) is 26.8. The van der Waals surface area contributed by atoms with Gasteiger partial charge >= 0.3 is 11.9 Å². The lowest BCUT2D eigenvalue weighted by Crippen LogP contribution is -2.09. The molecule has 0 saturated heterocycles. The molecule has 0 radical (unpaired) electrons. The number of benzene rings is 8. The highest BCUT2D eigenvalue weighted by Gasteiger charge is 2.21. The molecule has 0 aliphatic heterocycles. The van der Waals surface area contributed by atoms with Crippen LogP contribution < -0.4 is 28.4 Å². The van der Waals surface area contributed by atoms with E-state index in [0.717, 1.165) is 22.3 Å². The van der Waals surface area contributed by atoms with Crippen molar-refractivity contribution in [2.75, 3.05) is 26.4 Å². The zero-order valence-corrected chi connectivity index (χ0v) is 44.9. The number of phenolic OH excluding ortho intramolecular Hbond substituents is 2. The van der Waals surface area contributed by atoms with Crippen molar-refractivity contribution in [3.63, 3.8) is 0 Å². The van der Waals surface area contributed by atoms with Crippen LogP contribution in [0.1, 0.15) is 89.4 Å². The molecule has 0 aromatic heterocycles. The van der Waals surface area contributed by atoms with Crippen molar-refractivity contribution in [2.24, 2.45) is 5.92 Å². The number of carboxylic acid groups (broad SMARTS) is 2. The summed E-state index contributed by atoms with van der Waals surface area (Å²) in [5.74, 6) is 0.625. The van der Waals surface area contributed by atoms with Gasteiger partial charge in [0.2, 0.25) is 0 Å². The zero-order chi connectivity index (χ0) is 56.5. The highest BCUT2D eigenvalue weighted by Crippen LogP contribution is 2.40. The van der Waals surface area contributed by atoms with Crippen LogP contribution in [0.2, 0.25) is 0 Å². The Morgan fingerprint density at radius 1 is 0.450 bits per heavy atom. The van der Waals surface area contributed by atoms with Crippen LogP contribution in [0.4, 0.5) is 8.78 Å². The van der Waals surface area contributed by atoms with Gasteiger partial charge in [0.1, 0.15) is 80.3 Å². The van der Waals surface area contributed by atoms with Gasteiger partial charge in [-0.15, -0.1) is 0 Å². The molecule has 0 amide bonds. The van der Waals surface area contributed by atoms with Gasteiger partial charge in [-0.05, 0) is 152 Å². The third-order valence-corrected chi connectivity index (χ3v) is 13.7. The number of rotatable bonds is 28. The van der Waals surface area contributed by atoms with E-state index in [1.807, 2.05) is 38.1 Å². The largest absolute Gasteiger partial charge is 0.507 e. The van der Waals surface area contributed by atoms with E-state index in [9.17, 15) is 38.8 Å². The Kier molecular flexibility index (Phi) is 19.7. The van der Waals surface area contributed by atoms with E-state index in [4.69, 9.17) is 28.4 Å². The number of carbonyl (C=O) groups is 2. The first-order valence-electron chi connectivity index (χ1n) is 26.8. The van der Waals surface area contributed by atoms with E-state index in [0.29, 0.717) is 108 Å². The van der Waals surface area contributed by atoms with Gasteiger partial charge in [0.25, 0.3) is 0 Å². The molecule has 414 valence electrons. The molecular weight excluding hydrogens is 1020 g/mol. The first kappa shape index (κ1) is 57.1. The molecule has 8 aromatic carbocycles. The van der Waals surface area contributed by atoms with E-state index >= 15 is 0 Å². The van der Waals surface area contributed by atoms with Crippen LogP contribution >= 0.6 is 0 Å². The molecule has 0 atom stereocenters. The molecule has 12 nitrogen and oxygen atoms in total. The average Bonchev–Trinajstić information content (AvgIpc) is 3.49. The Morgan fingerprint density at radius 3 is 1.18 bits per heavy atom. The van der Waals surface area contributed by atoms with Gasteiger partial charge in [-0.1, -0.05) is 81.4 Å². The van der Waals surface area contributed by atoms with Crippen LogP contribution in [0.25, 0.3) is 22.3 Å². The predicted octanol–water partition coefficient (Wildman–Crippen LogP) is 15.7. The van der Waals surface area contributed by atoms with Gasteiger partial charge in [0.15, 0.2) is 0 Å². The Labute approximate surface area is 464 Å². The molecule has 0 bridgehead atoms. The maximum atomic E-state index is 13.6. The summed E-state index contributed by atoms with van der Waals surface area (Å²) in [6.07, 6.45) is 4.57. The lowest BCUT2D eigenvalue weighted by molar-refractivity contribution is 0.0683. The van der Waals surface area contributed by atoms with Crippen LogP contribution in [-0.4, -0.2) is 58.8 Å². The van der Waals surface area contributed by atoms with Crippen LogP contribution in [0.3, 0.4) is 0 Å². The van der Waals surface area contributed by atoms with Crippen molar-refractivity contribution < 1.29 is 67.2 Å². The number of para-hydroxylation sites is 2. The van der Waals surface area contributed by atoms with Gasteiger partial charge in [-0.2, -0.15) is 0 Å².